The molecule has 1 N–H and O–H groups in total. The summed E-state index contributed by atoms with van der Waals surface area (Å²) in [4.78, 5) is 9.38. The summed E-state index contributed by atoms with van der Waals surface area (Å²) in [5, 5.41) is 5.08. The number of nitrogens with one attached hydrogen (secondary N) is 1. The standard InChI is InChI=1S/C30H36ClN5S/c1-20-15-21(2)18-35(17-20)27-11-10-24(16-25(27)31)36-29(22-12-14-34(19-22)23-7-3-4-8-23)28(33-30(36)37)26-9-5-6-13-32-26/h5-6,9-14,16,19-21,23,28-29H,3-4,7-8,15,17-18H2,1-2H3,(H,33,37). The van der Waals surface area contributed by atoms with Gasteiger partial charge in [-0.15, -0.1) is 0 Å². The quantitative estimate of drug-likeness (QED) is 0.348. The van der Waals surface area contributed by atoms with Gasteiger partial charge in [0.05, 0.1) is 28.5 Å². The van der Waals surface area contributed by atoms with Crippen molar-refractivity contribution >= 4 is 40.3 Å². The number of halogens is 1. The lowest BCUT2D eigenvalue weighted by atomic mass is 9.91. The second-order valence-electron chi connectivity index (χ2n) is 11.3. The molecule has 2 saturated heterocycles. The SMILES string of the molecule is CC1CC(C)CN(c2ccc(N3C(=S)NC(c4ccccn4)C3c3ccn(C4CCCC4)c3)cc2Cl)C1. The third kappa shape index (κ3) is 4.86. The zero-order valence-electron chi connectivity index (χ0n) is 21.7. The lowest BCUT2D eigenvalue weighted by Gasteiger charge is -2.37. The van der Waals surface area contributed by atoms with Crippen molar-refractivity contribution in [2.75, 3.05) is 22.9 Å². The molecule has 0 radical (unpaired) electrons. The predicted molar refractivity (Wildman–Crippen MR) is 156 cm³/mol. The highest BCUT2D eigenvalue weighted by atomic mass is 35.5. The van der Waals surface area contributed by atoms with Crippen LogP contribution in [0, 0.1) is 11.8 Å². The van der Waals surface area contributed by atoms with Gasteiger partial charge in [-0.1, -0.05) is 44.4 Å². The highest BCUT2D eigenvalue weighted by Crippen LogP contribution is 2.44. The summed E-state index contributed by atoms with van der Waals surface area (Å²) in [6.07, 6.45) is 12.8. The molecule has 4 unspecified atom stereocenters. The largest absolute Gasteiger partial charge is 0.370 e. The maximum Gasteiger partial charge on any atom is 0.174 e. The van der Waals surface area contributed by atoms with Gasteiger partial charge in [0.25, 0.3) is 0 Å². The van der Waals surface area contributed by atoms with Gasteiger partial charge >= 0.3 is 0 Å². The van der Waals surface area contributed by atoms with Crippen LogP contribution >= 0.6 is 23.8 Å². The van der Waals surface area contributed by atoms with Crippen LogP contribution in [0.25, 0.3) is 0 Å². The molecule has 194 valence electrons. The van der Waals surface area contributed by atoms with Crippen molar-refractivity contribution in [1.29, 1.82) is 0 Å². The number of hydrogen-bond donors (Lipinski definition) is 1. The van der Waals surface area contributed by atoms with Crippen molar-refractivity contribution in [1.82, 2.24) is 14.9 Å². The van der Waals surface area contributed by atoms with Gasteiger partial charge in [-0.05, 0) is 85.3 Å². The second kappa shape index (κ2) is 10.3. The van der Waals surface area contributed by atoms with Crippen LogP contribution in [0.15, 0.2) is 61.1 Å². The average Bonchev–Trinajstić information content (AvgIpc) is 3.63. The van der Waals surface area contributed by atoms with Crippen LogP contribution in [0.2, 0.25) is 5.02 Å². The lowest BCUT2D eigenvalue weighted by molar-refractivity contribution is 0.357. The summed E-state index contributed by atoms with van der Waals surface area (Å²) in [5.74, 6) is 1.34. The van der Waals surface area contributed by atoms with Crippen molar-refractivity contribution in [3.8, 4) is 0 Å². The fourth-order valence-electron chi connectivity index (χ4n) is 6.77. The molecule has 37 heavy (non-hydrogen) atoms. The maximum absolute atomic E-state index is 6.97. The number of pyridine rings is 1. The molecule has 1 saturated carbocycles. The van der Waals surface area contributed by atoms with Crippen molar-refractivity contribution < 1.29 is 0 Å². The first kappa shape index (κ1) is 24.7. The molecule has 1 aromatic carbocycles. The molecule has 0 spiro atoms. The molecule has 7 heteroatoms. The summed E-state index contributed by atoms with van der Waals surface area (Å²) < 4.78 is 2.41. The van der Waals surface area contributed by atoms with E-state index in [1.807, 2.05) is 18.3 Å². The number of rotatable bonds is 5. The Morgan fingerprint density at radius 3 is 2.51 bits per heavy atom. The van der Waals surface area contributed by atoms with Gasteiger partial charge < -0.3 is 19.7 Å². The zero-order valence-corrected chi connectivity index (χ0v) is 23.3. The smallest absolute Gasteiger partial charge is 0.174 e. The monoisotopic (exact) mass is 533 g/mol. The summed E-state index contributed by atoms with van der Waals surface area (Å²) >= 11 is 12.9. The number of anilines is 2. The molecular formula is C30H36ClN5S. The van der Waals surface area contributed by atoms with Gasteiger partial charge in [-0.25, -0.2) is 0 Å². The molecular weight excluding hydrogens is 498 g/mol. The number of nitrogens with zero attached hydrogens (tertiary/aromatic N) is 4. The van der Waals surface area contributed by atoms with Gasteiger partial charge in [-0.3, -0.25) is 4.98 Å². The summed E-state index contributed by atoms with van der Waals surface area (Å²) in [7, 11) is 0. The van der Waals surface area contributed by atoms with E-state index >= 15 is 0 Å². The second-order valence-corrected chi connectivity index (χ2v) is 12.1. The predicted octanol–water partition coefficient (Wildman–Crippen LogP) is 7.31. The molecule has 0 bridgehead atoms. The van der Waals surface area contributed by atoms with E-state index in [1.165, 1.54) is 37.7 Å². The molecule has 5 nitrogen and oxygen atoms in total. The van der Waals surface area contributed by atoms with Crippen LogP contribution in [0.3, 0.4) is 0 Å². The molecule has 3 aliphatic rings. The first-order chi connectivity index (χ1) is 18.0. The molecule has 3 aromatic rings. The molecule has 6 rings (SSSR count). The minimum atomic E-state index is -0.0460. The molecule has 0 amide bonds. The van der Waals surface area contributed by atoms with Crippen molar-refractivity contribution in [2.24, 2.45) is 11.8 Å². The van der Waals surface area contributed by atoms with Crippen LogP contribution in [-0.4, -0.2) is 27.8 Å². The first-order valence-electron chi connectivity index (χ1n) is 13.7. The molecule has 2 aromatic heterocycles. The Morgan fingerprint density at radius 2 is 1.81 bits per heavy atom. The minimum absolute atomic E-state index is 0.0120. The van der Waals surface area contributed by atoms with E-state index in [4.69, 9.17) is 28.8 Å². The number of piperidine rings is 1. The molecule has 4 heterocycles. The van der Waals surface area contributed by atoms with Crippen LogP contribution in [-0.2, 0) is 0 Å². The first-order valence-corrected chi connectivity index (χ1v) is 14.5. The molecule has 2 aliphatic heterocycles. The minimum Gasteiger partial charge on any atom is -0.370 e. The van der Waals surface area contributed by atoms with E-state index in [-0.39, 0.29) is 12.1 Å². The van der Waals surface area contributed by atoms with Gasteiger partial charge in [0, 0.05) is 43.4 Å². The van der Waals surface area contributed by atoms with Crippen LogP contribution in [0.4, 0.5) is 11.4 Å². The third-order valence-electron chi connectivity index (χ3n) is 8.34. The van der Waals surface area contributed by atoms with Gasteiger partial charge in [0.15, 0.2) is 5.11 Å². The van der Waals surface area contributed by atoms with Crippen LogP contribution in [0.5, 0.6) is 0 Å². The fraction of sp³-hybridized carbons (Fsp3) is 0.467. The van der Waals surface area contributed by atoms with E-state index in [0.29, 0.717) is 23.0 Å². The van der Waals surface area contributed by atoms with Gasteiger partial charge in [0.2, 0.25) is 0 Å². The number of thiocarbonyl (C=S) groups is 1. The number of aromatic nitrogens is 2. The Hall–Kier alpha value is -2.57. The van der Waals surface area contributed by atoms with Crippen LogP contribution < -0.4 is 15.1 Å². The summed E-state index contributed by atoms with van der Waals surface area (Å²) in [6, 6.07) is 15.3. The molecule has 1 aliphatic carbocycles. The zero-order chi connectivity index (χ0) is 25.5. The van der Waals surface area contributed by atoms with Crippen LogP contribution in [0.1, 0.15) is 75.3 Å². The Balaban J connectivity index is 1.36. The highest BCUT2D eigenvalue weighted by Gasteiger charge is 2.41. The Labute approximate surface area is 230 Å². The fourth-order valence-corrected chi connectivity index (χ4v) is 7.41. The lowest BCUT2D eigenvalue weighted by Crippen LogP contribution is -2.38. The Bertz CT molecular complexity index is 1240. The summed E-state index contributed by atoms with van der Waals surface area (Å²) in [5.41, 5.74) is 4.37. The van der Waals surface area contributed by atoms with Gasteiger partial charge in [-0.2, -0.15) is 0 Å². The van der Waals surface area contributed by atoms with E-state index < -0.39 is 0 Å². The average molecular weight is 534 g/mol. The number of hydrogen-bond acceptors (Lipinski definition) is 3. The number of benzene rings is 1. The normalized spacial score (nSPS) is 26.6. The van der Waals surface area contributed by atoms with Crippen molar-refractivity contribution in [3.63, 3.8) is 0 Å². The Morgan fingerprint density at radius 1 is 1.03 bits per heavy atom. The summed E-state index contributed by atoms with van der Waals surface area (Å²) in [6.45, 7) is 6.76. The van der Waals surface area contributed by atoms with Crippen molar-refractivity contribution in [3.05, 3.63) is 77.3 Å². The van der Waals surface area contributed by atoms with Crippen molar-refractivity contribution in [2.45, 2.75) is 64.1 Å². The Kier molecular flexibility index (Phi) is 6.89. The van der Waals surface area contributed by atoms with E-state index in [1.54, 1.807) is 0 Å². The third-order valence-corrected chi connectivity index (χ3v) is 8.96. The van der Waals surface area contributed by atoms with E-state index in [2.05, 4.69) is 76.3 Å². The van der Waals surface area contributed by atoms with Gasteiger partial charge in [0.1, 0.15) is 0 Å². The maximum atomic E-state index is 6.97. The highest BCUT2D eigenvalue weighted by molar-refractivity contribution is 7.80. The molecule has 3 fully saturated rings. The topological polar surface area (TPSA) is 36.3 Å². The van der Waals surface area contributed by atoms with E-state index in [9.17, 15) is 0 Å². The van der Waals surface area contributed by atoms with E-state index in [0.717, 1.165) is 35.2 Å². The molecule has 4 atom stereocenters.